The Morgan fingerprint density at radius 1 is 1.00 bits per heavy atom. The summed E-state index contributed by atoms with van der Waals surface area (Å²) in [7, 11) is 0. The van der Waals surface area contributed by atoms with Gasteiger partial charge in [-0.2, -0.15) is 0 Å². The Hall–Kier alpha value is -2.09. The van der Waals surface area contributed by atoms with Crippen molar-refractivity contribution < 1.29 is 9.85 Å². The van der Waals surface area contributed by atoms with Gasteiger partial charge in [0.25, 0.3) is 11.4 Å². The molecule has 0 radical (unpaired) electrons. The van der Waals surface area contributed by atoms with Gasteiger partial charge >= 0.3 is 0 Å². The van der Waals surface area contributed by atoms with Crippen molar-refractivity contribution >= 4 is 57.6 Å². The van der Waals surface area contributed by atoms with Gasteiger partial charge in [-0.05, 0) is 30.0 Å². The van der Waals surface area contributed by atoms with Gasteiger partial charge in [0.1, 0.15) is 5.69 Å². The quantitative estimate of drug-likeness (QED) is 0.414. The van der Waals surface area contributed by atoms with Gasteiger partial charge in [-0.15, -0.1) is 0 Å². The Bertz CT molecular complexity index is 866. The first kappa shape index (κ1) is 20.2. The van der Waals surface area contributed by atoms with Crippen LogP contribution < -0.4 is 5.32 Å². The van der Waals surface area contributed by atoms with E-state index < -0.39 is 15.5 Å². The third kappa shape index (κ3) is 4.17. The molecule has 2 aromatic carbocycles. The average Bonchev–Trinajstić information content (AvgIpc) is 2.56. The molecule has 1 atom stereocenters. The minimum atomic E-state index is -0.682. The monoisotopic (exact) mass is 417 g/mol. The zero-order valence-corrected chi connectivity index (χ0v) is 16.0. The van der Waals surface area contributed by atoms with E-state index in [1.807, 2.05) is 13.8 Å². The summed E-state index contributed by atoms with van der Waals surface area (Å²) < 4.78 is 0. The van der Waals surface area contributed by atoms with Crippen molar-refractivity contribution in [1.29, 1.82) is 0 Å². The number of anilines is 2. The second-order valence-corrected chi connectivity index (χ2v) is 6.87. The second-order valence-electron chi connectivity index (χ2n) is 5.62. The van der Waals surface area contributed by atoms with Crippen LogP contribution in [0.15, 0.2) is 24.3 Å². The molecule has 0 heterocycles. The molecule has 26 heavy (non-hydrogen) atoms. The summed E-state index contributed by atoms with van der Waals surface area (Å²) in [4.78, 5) is 21.3. The first-order chi connectivity index (χ1) is 12.1. The third-order valence-electron chi connectivity index (χ3n) is 3.94. The van der Waals surface area contributed by atoms with Crippen molar-refractivity contribution in [3.05, 3.63) is 65.1 Å². The molecule has 7 nitrogen and oxygen atoms in total. The predicted octanol–water partition coefficient (Wildman–Crippen LogP) is 6.72. The number of hydrogen-bond acceptors (Lipinski definition) is 5. The van der Waals surface area contributed by atoms with Crippen LogP contribution in [0.3, 0.4) is 0 Å². The van der Waals surface area contributed by atoms with E-state index in [4.69, 9.17) is 34.8 Å². The topological polar surface area (TPSA) is 98.3 Å². The standard InChI is InChI=1S/C16H14Cl3N3O4/c1-3-8(2)11-6-10(21(23)24)7-14(22(25)26)15(11)20-16-12(18)4-9(17)5-13(16)19/h4-8,20H,3H2,1-2H3. The Morgan fingerprint density at radius 2 is 1.58 bits per heavy atom. The number of non-ortho nitro benzene ring substituents is 1. The number of nitro groups is 2. The molecular weight excluding hydrogens is 405 g/mol. The Kier molecular flexibility index (Phi) is 6.28. The van der Waals surface area contributed by atoms with Crippen molar-refractivity contribution in [3.63, 3.8) is 0 Å². The maximum atomic E-state index is 11.5. The van der Waals surface area contributed by atoms with Gasteiger partial charge in [0.15, 0.2) is 0 Å². The molecule has 2 aromatic rings. The molecule has 0 aromatic heterocycles. The lowest BCUT2D eigenvalue weighted by molar-refractivity contribution is -0.393. The van der Waals surface area contributed by atoms with Gasteiger partial charge in [-0.25, -0.2) is 0 Å². The number of benzene rings is 2. The lowest BCUT2D eigenvalue weighted by Gasteiger charge is -2.18. The van der Waals surface area contributed by atoms with Crippen molar-refractivity contribution in [2.24, 2.45) is 0 Å². The highest BCUT2D eigenvalue weighted by atomic mass is 35.5. The lowest BCUT2D eigenvalue weighted by atomic mass is 9.95. The largest absolute Gasteiger partial charge is 0.347 e. The SMILES string of the molecule is CCC(C)c1cc([N+](=O)[O-])cc([N+](=O)[O-])c1Nc1c(Cl)cc(Cl)cc1Cl. The fourth-order valence-corrected chi connectivity index (χ4v) is 3.33. The molecular formula is C16H14Cl3N3O4. The van der Waals surface area contributed by atoms with E-state index in [9.17, 15) is 20.2 Å². The molecule has 0 saturated heterocycles. The predicted molar refractivity (Wildman–Crippen MR) is 103 cm³/mol. The summed E-state index contributed by atoms with van der Waals surface area (Å²) in [5.74, 6) is -0.180. The third-order valence-corrected chi connectivity index (χ3v) is 4.75. The zero-order chi connectivity index (χ0) is 19.6. The van der Waals surface area contributed by atoms with Crippen LogP contribution in [0.4, 0.5) is 22.7 Å². The Morgan fingerprint density at radius 3 is 2.04 bits per heavy atom. The van der Waals surface area contributed by atoms with Crippen LogP contribution in [0.2, 0.25) is 15.1 Å². The van der Waals surface area contributed by atoms with Crippen molar-refractivity contribution in [1.82, 2.24) is 0 Å². The van der Waals surface area contributed by atoms with Crippen molar-refractivity contribution in [2.75, 3.05) is 5.32 Å². The fraction of sp³-hybridized carbons (Fsp3) is 0.250. The molecule has 0 aliphatic rings. The summed E-state index contributed by atoms with van der Waals surface area (Å²) >= 11 is 18.2. The summed E-state index contributed by atoms with van der Waals surface area (Å²) in [6.45, 7) is 3.69. The smallest absolute Gasteiger partial charge is 0.299 e. The van der Waals surface area contributed by atoms with E-state index in [-0.39, 0.29) is 33.0 Å². The molecule has 0 aliphatic heterocycles. The van der Waals surface area contributed by atoms with Gasteiger partial charge in [0.05, 0.1) is 31.6 Å². The minimum absolute atomic E-state index is 0.112. The van der Waals surface area contributed by atoms with Crippen LogP contribution in [-0.2, 0) is 0 Å². The van der Waals surface area contributed by atoms with Crippen LogP contribution in [0.25, 0.3) is 0 Å². The maximum Gasteiger partial charge on any atom is 0.299 e. The Balaban J connectivity index is 2.73. The number of nitrogens with one attached hydrogen (secondary N) is 1. The van der Waals surface area contributed by atoms with Gasteiger partial charge < -0.3 is 5.32 Å². The van der Waals surface area contributed by atoms with E-state index in [0.717, 1.165) is 6.07 Å². The number of nitrogens with zero attached hydrogens (tertiary/aromatic N) is 2. The highest BCUT2D eigenvalue weighted by Crippen LogP contribution is 2.43. The van der Waals surface area contributed by atoms with Crippen LogP contribution in [0.1, 0.15) is 31.7 Å². The van der Waals surface area contributed by atoms with Gasteiger partial charge in [0.2, 0.25) is 0 Å². The van der Waals surface area contributed by atoms with Gasteiger partial charge in [-0.3, -0.25) is 20.2 Å². The van der Waals surface area contributed by atoms with E-state index in [0.29, 0.717) is 17.0 Å². The molecule has 0 saturated carbocycles. The first-order valence-corrected chi connectivity index (χ1v) is 8.67. The Labute approximate surface area is 164 Å². The lowest BCUT2D eigenvalue weighted by Crippen LogP contribution is -2.06. The van der Waals surface area contributed by atoms with Gasteiger partial charge in [0, 0.05) is 11.1 Å². The van der Waals surface area contributed by atoms with Crippen LogP contribution in [0, 0.1) is 20.2 Å². The summed E-state index contributed by atoms with van der Waals surface area (Å²) in [5.41, 5.74) is -0.0155. The van der Waals surface area contributed by atoms with E-state index in [1.54, 1.807) is 0 Å². The maximum absolute atomic E-state index is 11.5. The molecule has 2 rings (SSSR count). The summed E-state index contributed by atoms with van der Waals surface area (Å²) in [6, 6.07) is 5.11. The summed E-state index contributed by atoms with van der Waals surface area (Å²) in [5, 5.41) is 26.2. The second kappa shape index (κ2) is 8.07. The van der Waals surface area contributed by atoms with E-state index in [2.05, 4.69) is 5.32 Å². The number of halogens is 3. The van der Waals surface area contributed by atoms with Crippen LogP contribution in [-0.4, -0.2) is 9.85 Å². The highest BCUT2D eigenvalue weighted by Gasteiger charge is 2.27. The van der Waals surface area contributed by atoms with Gasteiger partial charge in [-0.1, -0.05) is 48.7 Å². The molecule has 138 valence electrons. The number of nitro benzene ring substituents is 2. The molecule has 1 unspecified atom stereocenters. The van der Waals surface area contributed by atoms with Crippen molar-refractivity contribution in [3.8, 4) is 0 Å². The van der Waals surface area contributed by atoms with E-state index >= 15 is 0 Å². The zero-order valence-electron chi connectivity index (χ0n) is 13.8. The normalized spacial score (nSPS) is 11.9. The van der Waals surface area contributed by atoms with Crippen LogP contribution >= 0.6 is 34.8 Å². The number of rotatable bonds is 6. The molecule has 1 N–H and O–H groups in total. The minimum Gasteiger partial charge on any atom is -0.347 e. The molecule has 0 amide bonds. The molecule has 0 bridgehead atoms. The van der Waals surface area contributed by atoms with Crippen LogP contribution in [0.5, 0.6) is 0 Å². The first-order valence-electron chi connectivity index (χ1n) is 7.54. The highest BCUT2D eigenvalue weighted by molar-refractivity contribution is 6.41. The average molecular weight is 419 g/mol. The number of hydrogen-bond donors (Lipinski definition) is 1. The summed E-state index contributed by atoms with van der Waals surface area (Å²) in [6.07, 6.45) is 0.620. The van der Waals surface area contributed by atoms with E-state index in [1.165, 1.54) is 18.2 Å². The molecule has 10 heteroatoms. The van der Waals surface area contributed by atoms with Crippen molar-refractivity contribution in [2.45, 2.75) is 26.2 Å². The molecule has 0 aliphatic carbocycles. The fourth-order valence-electron chi connectivity index (χ4n) is 2.41. The molecule has 0 fully saturated rings. The molecule has 0 spiro atoms.